The Morgan fingerprint density at radius 2 is 2.33 bits per heavy atom. The van der Waals surface area contributed by atoms with Gasteiger partial charge in [-0.05, 0) is 24.8 Å². The third-order valence-corrected chi connectivity index (χ3v) is 2.38. The first-order chi connectivity index (χ1) is 5.66. The van der Waals surface area contributed by atoms with Gasteiger partial charge in [0.05, 0.1) is 5.69 Å². The average molecular weight is 162 g/mol. The highest BCUT2D eigenvalue weighted by molar-refractivity contribution is 5.67. The lowest BCUT2D eigenvalue weighted by atomic mass is 9.91. The van der Waals surface area contributed by atoms with Gasteiger partial charge in [0.25, 0.3) is 0 Å². The standard InChI is InChI=1S/C10H14N2/c1-7-4-8(2)9-6-12(3)11-10(9)5-7/h4,6-7H,5H2,1-3H3. The van der Waals surface area contributed by atoms with E-state index in [9.17, 15) is 0 Å². The zero-order chi connectivity index (χ0) is 8.72. The Labute approximate surface area is 72.9 Å². The van der Waals surface area contributed by atoms with Gasteiger partial charge >= 0.3 is 0 Å². The van der Waals surface area contributed by atoms with Gasteiger partial charge in [-0.3, -0.25) is 4.68 Å². The SMILES string of the molecule is CC1=CC(C)Cc2nn(C)cc21. The van der Waals surface area contributed by atoms with Gasteiger partial charge in [0.2, 0.25) is 0 Å². The molecule has 2 rings (SSSR count). The van der Waals surface area contributed by atoms with Crippen LogP contribution in [0.3, 0.4) is 0 Å². The first kappa shape index (κ1) is 7.59. The van der Waals surface area contributed by atoms with Crippen LogP contribution in [0.25, 0.3) is 5.57 Å². The van der Waals surface area contributed by atoms with Crippen LogP contribution < -0.4 is 0 Å². The summed E-state index contributed by atoms with van der Waals surface area (Å²) in [6.45, 7) is 4.40. The molecular weight excluding hydrogens is 148 g/mol. The molecule has 0 N–H and O–H groups in total. The van der Waals surface area contributed by atoms with Crippen LogP contribution in [-0.2, 0) is 13.5 Å². The van der Waals surface area contributed by atoms with Crippen LogP contribution in [0.5, 0.6) is 0 Å². The fourth-order valence-corrected chi connectivity index (χ4v) is 1.90. The third-order valence-electron chi connectivity index (χ3n) is 2.38. The number of fused-ring (bicyclic) bond motifs is 1. The summed E-state index contributed by atoms with van der Waals surface area (Å²) in [4.78, 5) is 0. The smallest absolute Gasteiger partial charge is 0.0705 e. The van der Waals surface area contributed by atoms with Gasteiger partial charge in [-0.15, -0.1) is 0 Å². The Kier molecular flexibility index (Phi) is 1.56. The van der Waals surface area contributed by atoms with Gasteiger partial charge in [0, 0.05) is 18.8 Å². The summed E-state index contributed by atoms with van der Waals surface area (Å²) < 4.78 is 1.90. The molecule has 1 aliphatic rings. The Morgan fingerprint density at radius 3 is 3.08 bits per heavy atom. The second-order valence-corrected chi connectivity index (χ2v) is 3.69. The van der Waals surface area contributed by atoms with Gasteiger partial charge < -0.3 is 0 Å². The van der Waals surface area contributed by atoms with Crippen LogP contribution in [0.4, 0.5) is 0 Å². The van der Waals surface area contributed by atoms with Crippen molar-refractivity contribution in [1.29, 1.82) is 0 Å². The second kappa shape index (κ2) is 2.47. The van der Waals surface area contributed by atoms with Crippen molar-refractivity contribution in [2.75, 3.05) is 0 Å². The molecule has 2 heteroatoms. The van der Waals surface area contributed by atoms with E-state index in [1.807, 2.05) is 11.7 Å². The molecule has 1 aromatic heterocycles. The minimum absolute atomic E-state index is 0.646. The summed E-state index contributed by atoms with van der Waals surface area (Å²) in [7, 11) is 1.98. The number of aromatic nitrogens is 2. The maximum Gasteiger partial charge on any atom is 0.0705 e. The van der Waals surface area contributed by atoms with Crippen molar-refractivity contribution in [2.24, 2.45) is 13.0 Å². The van der Waals surface area contributed by atoms with E-state index in [0.29, 0.717) is 5.92 Å². The van der Waals surface area contributed by atoms with Gasteiger partial charge in [-0.1, -0.05) is 13.0 Å². The van der Waals surface area contributed by atoms with Crippen LogP contribution in [0.1, 0.15) is 25.1 Å². The van der Waals surface area contributed by atoms with Crippen molar-refractivity contribution in [2.45, 2.75) is 20.3 Å². The number of aryl methyl sites for hydroxylation is 1. The number of hydrogen-bond acceptors (Lipinski definition) is 1. The number of allylic oxidation sites excluding steroid dienone is 2. The molecule has 0 amide bonds. The van der Waals surface area contributed by atoms with E-state index < -0.39 is 0 Å². The summed E-state index contributed by atoms with van der Waals surface area (Å²) >= 11 is 0. The van der Waals surface area contributed by atoms with E-state index in [1.54, 1.807) is 0 Å². The lowest BCUT2D eigenvalue weighted by Gasteiger charge is -2.13. The third kappa shape index (κ3) is 1.07. The van der Waals surface area contributed by atoms with Crippen molar-refractivity contribution in [3.05, 3.63) is 23.5 Å². The summed E-state index contributed by atoms with van der Waals surface area (Å²) in [6.07, 6.45) is 5.52. The zero-order valence-corrected chi connectivity index (χ0v) is 7.83. The molecule has 64 valence electrons. The first-order valence-electron chi connectivity index (χ1n) is 4.38. The zero-order valence-electron chi connectivity index (χ0n) is 7.83. The largest absolute Gasteiger partial charge is 0.275 e. The summed E-state index contributed by atoms with van der Waals surface area (Å²) in [5, 5.41) is 4.43. The molecule has 0 spiro atoms. The van der Waals surface area contributed by atoms with E-state index in [1.165, 1.54) is 16.8 Å². The van der Waals surface area contributed by atoms with Crippen molar-refractivity contribution in [3.8, 4) is 0 Å². The first-order valence-corrected chi connectivity index (χ1v) is 4.38. The van der Waals surface area contributed by atoms with E-state index >= 15 is 0 Å². The molecule has 2 nitrogen and oxygen atoms in total. The van der Waals surface area contributed by atoms with E-state index in [4.69, 9.17) is 0 Å². The van der Waals surface area contributed by atoms with Gasteiger partial charge in [-0.2, -0.15) is 5.10 Å². The molecule has 12 heavy (non-hydrogen) atoms. The van der Waals surface area contributed by atoms with Crippen molar-refractivity contribution < 1.29 is 0 Å². The van der Waals surface area contributed by atoms with Crippen LogP contribution >= 0.6 is 0 Å². The molecular formula is C10H14N2. The maximum absolute atomic E-state index is 4.43. The predicted molar refractivity (Wildman–Crippen MR) is 49.7 cm³/mol. The molecule has 0 aromatic carbocycles. The van der Waals surface area contributed by atoms with Gasteiger partial charge in [0.15, 0.2) is 0 Å². The number of hydrogen-bond donors (Lipinski definition) is 0. The Balaban J connectivity index is 2.51. The van der Waals surface area contributed by atoms with Crippen LogP contribution in [0.2, 0.25) is 0 Å². The highest BCUT2D eigenvalue weighted by Crippen LogP contribution is 2.27. The van der Waals surface area contributed by atoms with Crippen LogP contribution in [0, 0.1) is 5.92 Å². The minimum atomic E-state index is 0.646. The normalized spacial score (nSPS) is 21.9. The molecule has 1 atom stereocenters. The minimum Gasteiger partial charge on any atom is -0.275 e. The van der Waals surface area contributed by atoms with E-state index in [2.05, 4.69) is 31.2 Å². The molecule has 0 saturated carbocycles. The van der Waals surface area contributed by atoms with Crippen LogP contribution in [0.15, 0.2) is 12.3 Å². The predicted octanol–water partition coefficient (Wildman–Crippen LogP) is 2.02. The maximum atomic E-state index is 4.43. The lowest BCUT2D eigenvalue weighted by Crippen LogP contribution is -2.05. The van der Waals surface area contributed by atoms with Crippen LogP contribution in [-0.4, -0.2) is 9.78 Å². The van der Waals surface area contributed by atoms with Gasteiger partial charge in [0.1, 0.15) is 0 Å². The summed E-state index contributed by atoms with van der Waals surface area (Å²) in [5.74, 6) is 0.646. The van der Waals surface area contributed by atoms with E-state index in [-0.39, 0.29) is 0 Å². The molecule has 1 heterocycles. The molecule has 0 bridgehead atoms. The quantitative estimate of drug-likeness (QED) is 0.570. The molecule has 1 unspecified atom stereocenters. The Morgan fingerprint density at radius 1 is 1.58 bits per heavy atom. The summed E-state index contributed by atoms with van der Waals surface area (Å²) in [5.41, 5.74) is 3.96. The van der Waals surface area contributed by atoms with E-state index in [0.717, 1.165) is 6.42 Å². The molecule has 0 fully saturated rings. The molecule has 1 aromatic rings. The lowest BCUT2D eigenvalue weighted by molar-refractivity contribution is 0.669. The second-order valence-electron chi connectivity index (χ2n) is 3.69. The Bertz CT molecular complexity index is 334. The fourth-order valence-electron chi connectivity index (χ4n) is 1.90. The topological polar surface area (TPSA) is 17.8 Å². The average Bonchev–Trinajstić information content (AvgIpc) is 2.29. The Hall–Kier alpha value is -1.05. The monoisotopic (exact) mass is 162 g/mol. The highest BCUT2D eigenvalue weighted by Gasteiger charge is 2.16. The molecule has 0 radical (unpaired) electrons. The van der Waals surface area contributed by atoms with Gasteiger partial charge in [-0.25, -0.2) is 0 Å². The van der Waals surface area contributed by atoms with Crippen molar-refractivity contribution >= 4 is 5.57 Å². The number of rotatable bonds is 0. The number of nitrogens with zero attached hydrogens (tertiary/aromatic N) is 2. The van der Waals surface area contributed by atoms with Crippen molar-refractivity contribution in [1.82, 2.24) is 9.78 Å². The molecule has 0 aliphatic heterocycles. The fraction of sp³-hybridized carbons (Fsp3) is 0.500. The highest BCUT2D eigenvalue weighted by atomic mass is 15.2. The summed E-state index contributed by atoms with van der Waals surface area (Å²) in [6, 6.07) is 0. The van der Waals surface area contributed by atoms with Crippen molar-refractivity contribution in [3.63, 3.8) is 0 Å². The molecule has 1 aliphatic carbocycles. The molecule has 0 saturated heterocycles.